The average Bonchev–Trinajstić information content (AvgIpc) is 2.97. The molecule has 0 saturated carbocycles. The fourth-order valence-electron chi connectivity index (χ4n) is 4.81. The first-order chi connectivity index (χ1) is 13.2. The minimum atomic E-state index is 0.676. The van der Waals surface area contributed by atoms with Crippen LogP contribution in [0.2, 0.25) is 0 Å². The second kappa shape index (κ2) is 13.2. The number of benzene rings is 1. The lowest BCUT2D eigenvalue weighted by molar-refractivity contribution is 0.535. The molecule has 0 bridgehead atoms. The molecular formula is C27H44. The maximum atomic E-state index is 4.26. The minimum Gasteiger partial charge on any atom is -0.0952 e. The Morgan fingerprint density at radius 1 is 0.778 bits per heavy atom. The Hall–Kier alpha value is -1.04. The van der Waals surface area contributed by atoms with Crippen molar-refractivity contribution < 1.29 is 0 Å². The van der Waals surface area contributed by atoms with Gasteiger partial charge in [0.15, 0.2) is 0 Å². The van der Waals surface area contributed by atoms with Crippen LogP contribution in [0.5, 0.6) is 0 Å². The lowest BCUT2D eigenvalue weighted by Gasteiger charge is -2.12. The van der Waals surface area contributed by atoms with Gasteiger partial charge in [-0.3, -0.25) is 0 Å². The summed E-state index contributed by atoms with van der Waals surface area (Å²) in [7, 11) is 0. The summed E-state index contributed by atoms with van der Waals surface area (Å²) >= 11 is 0. The van der Waals surface area contributed by atoms with Gasteiger partial charge >= 0.3 is 0 Å². The summed E-state index contributed by atoms with van der Waals surface area (Å²) in [5, 5.41) is 0. The molecule has 0 aromatic heterocycles. The van der Waals surface area contributed by atoms with Crippen LogP contribution in [-0.4, -0.2) is 0 Å². The number of rotatable bonds is 15. The van der Waals surface area contributed by atoms with E-state index >= 15 is 0 Å². The van der Waals surface area contributed by atoms with Gasteiger partial charge in [-0.15, -0.1) is 0 Å². The van der Waals surface area contributed by atoms with Crippen molar-refractivity contribution in [3.8, 4) is 0 Å². The molecule has 0 spiro atoms. The van der Waals surface area contributed by atoms with Crippen molar-refractivity contribution in [1.29, 1.82) is 0 Å². The highest BCUT2D eigenvalue weighted by atomic mass is 14.3. The highest BCUT2D eigenvalue weighted by Gasteiger charge is 2.23. The third-order valence-corrected chi connectivity index (χ3v) is 6.42. The Kier molecular flexibility index (Phi) is 10.9. The topological polar surface area (TPSA) is 0 Å². The molecule has 1 aromatic carbocycles. The predicted molar refractivity (Wildman–Crippen MR) is 123 cm³/mol. The second-order valence-corrected chi connectivity index (χ2v) is 8.93. The second-order valence-electron chi connectivity index (χ2n) is 8.93. The molecule has 1 atom stereocenters. The molecule has 0 heteroatoms. The quantitative estimate of drug-likeness (QED) is 0.271. The molecule has 27 heavy (non-hydrogen) atoms. The van der Waals surface area contributed by atoms with E-state index < -0.39 is 0 Å². The summed E-state index contributed by atoms with van der Waals surface area (Å²) in [5.74, 6) is 0.676. The average molecular weight is 369 g/mol. The number of unbranched alkanes of at least 4 members (excludes halogenated alkanes) is 13. The van der Waals surface area contributed by atoms with Gasteiger partial charge in [0, 0.05) is 0 Å². The zero-order chi connectivity index (χ0) is 19.3. The van der Waals surface area contributed by atoms with Gasteiger partial charge < -0.3 is 0 Å². The monoisotopic (exact) mass is 368 g/mol. The van der Waals surface area contributed by atoms with E-state index in [1.54, 1.807) is 11.1 Å². The van der Waals surface area contributed by atoms with Crippen LogP contribution in [0.3, 0.4) is 0 Å². The van der Waals surface area contributed by atoms with E-state index in [1.807, 2.05) is 0 Å². The molecule has 0 aliphatic heterocycles. The van der Waals surface area contributed by atoms with Gasteiger partial charge in [0.25, 0.3) is 0 Å². The number of aryl methyl sites for hydroxylation is 1. The lowest BCUT2D eigenvalue weighted by atomic mass is 9.93. The first kappa shape index (κ1) is 22.3. The zero-order valence-electron chi connectivity index (χ0n) is 18.3. The van der Waals surface area contributed by atoms with E-state index in [0.717, 1.165) is 6.42 Å². The maximum absolute atomic E-state index is 4.26. The molecule has 0 fully saturated rings. The summed E-state index contributed by atoms with van der Waals surface area (Å²) in [6.07, 6.45) is 22.5. The number of fused-ring (bicyclic) bond motifs is 1. The fourth-order valence-corrected chi connectivity index (χ4v) is 4.81. The van der Waals surface area contributed by atoms with Crippen molar-refractivity contribution in [2.24, 2.45) is 0 Å². The summed E-state index contributed by atoms with van der Waals surface area (Å²) in [5.41, 5.74) is 6.00. The van der Waals surface area contributed by atoms with E-state index in [2.05, 4.69) is 38.6 Å². The van der Waals surface area contributed by atoms with E-state index in [0.29, 0.717) is 5.92 Å². The van der Waals surface area contributed by atoms with Crippen LogP contribution in [0, 0.1) is 0 Å². The molecular weight excluding hydrogens is 324 g/mol. The molecule has 0 heterocycles. The molecule has 0 nitrogen and oxygen atoms in total. The smallest absolute Gasteiger partial charge is 0.0141 e. The van der Waals surface area contributed by atoms with Crippen molar-refractivity contribution in [3.63, 3.8) is 0 Å². The lowest BCUT2D eigenvalue weighted by Crippen LogP contribution is -1.96. The third-order valence-electron chi connectivity index (χ3n) is 6.42. The van der Waals surface area contributed by atoms with E-state index in [-0.39, 0.29) is 0 Å². The standard InChI is InChI=1S/C27H44/c1-4-5-6-7-8-9-10-11-12-13-14-15-16-17-19-25-20-18-21-26-23(2)22-24(3)27(25)26/h18,20-21,24H,2,4-17,19,22H2,1,3H3. The Bertz CT molecular complexity index is 539. The number of hydrogen-bond acceptors (Lipinski definition) is 0. The molecule has 152 valence electrons. The fraction of sp³-hybridized carbons (Fsp3) is 0.704. The van der Waals surface area contributed by atoms with Crippen LogP contribution in [0.25, 0.3) is 5.57 Å². The molecule has 0 amide bonds. The van der Waals surface area contributed by atoms with Crippen LogP contribution in [0.4, 0.5) is 0 Å². The van der Waals surface area contributed by atoms with Crippen LogP contribution >= 0.6 is 0 Å². The Morgan fingerprint density at radius 2 is 1.30 bits per heavy atom. The molecule has 0 N–H and O–H groups in total. The van der Waals surface area contributed by atoms with Crippen LogP contribution < -0.4 is 0 Å². The Morgan fingerprint density at radius 3 is 1.85 bits per heavy atom. The SMILES string of the molecule is C=C1CC(C)c2c(CCCCCCCCCCCCCCCC)cccc21. The largest absolute Gasteiger partial charge is 0.0952 e. The summed E-state index contributed by atoms with van der Waals surface area (Å²) in [6.45, 7) is 8.92. The van der Waals surface area contributed by atoms with Crippen LogP contribution in [-0.2, 0) is 6.42 Å². The maximum Gasteiger partial charge on any atom is -0.0141 e. The van der Waals surface area contributed by atoms with Gasteiger partial charge in [-0.1, -0.05) is 122 Å². The van der Waals surface area contributed by atoms with Gasteiger partial charge in [0.05, 0.1) is 0 Å². The molecule has 2 rings (SSSR count). The van der Waals surface area contributed by atoms with Gasteiger partial charge in [-0.25, -0.2) is 0 Å². The van der Waals surface area contributed by atoms with Crippen LogP contribution in [0.15, 0.2) is 24.8 Å². The van der Waals surface area contributed by atoms with Crippen molar-refractivity contribution in [1.82, 2.24) is 0 Å². The molecule has 1 unspecified atom stereocenters. The minimum absolute atomic E-state index is 0.676. The highest BCUT2D eigenvalue weighted by molar-refractivity contribution is 5.73. The van der Waals surface area contributed by atoms with Crippen molar-refractivity contribution in [3.05, 3.63) is 41.5 Å². The molecule has 1 aromatic rings. The number of allylic oxidation sites excluding steroid dienone is 1. The van der Waals surface area contributed by atoms with Crippen LogP contribution in [0.1, 0.15) is 133 Å². The third kappa shape index (κ3) is 7.84. The van der Waals surface area contributed by atoms with E-state index in [4.69, 9.17) is 0 Å². The summed E-state index contributed by atoms with van der Waals surface area (Å²) in [4.78, 5) is 0. The van der Waals surface area contributed by atoms with Crippen molar-refractivity contribution >= 4 is 5.57 Å². The van der Waals surface area contributed by atoms with Crippen molar-refractivity contribution in [2.75, 3.05) is 0 Å². The van der Waals surface area contributed by atoms with E-state index in [9.17, 15) is 0 Å². The first-order valence-electron chi connectivity index (χ1n) is 12.0. The highest BCUT2D eigenvalue weighted by Crippen LogP contribution is 2.41. The molecule has 0 saturated heterocycles. The number of hydrogen-bond donors (Lipinski definition) is 0. The normalized spacial score (nSPS) is 16.1. The van der Waals surface area contributed by atoms with Gasteiger partial charge in [0.2, 0.25) is 0 Å². The summed E-state index contributed by atoms with van der Waals surface area (Å²) < 4.78 is 0. The Labute approximate surface area is 169 Å². The van der Waals surface area contributed by atoms with Gasteiger partial charge in [-0.2, -0.15) is 0 Å². The molecule has 0 radical (unpaired) electrons. The Balaban J connectivity index is 1.45. The molecule has 1 aliphatic carbocycles. The summed E-state index contributed by atoms with van der Waals surface area (Å²) in [6, 6.07) is 6.87. The molecule has 1 aliphatic rings. The van der Waals surface area contributed by atoms with Gasteiger partial charge in [-0.05, 0) is 47.4 Å². The van der Waals surface area contributed by atoms with E-state index in [1.165, 1.54) is 107 Å². The van der Waals surface area contributed by atoms with Gasteiger partial charge in [0.1, 0.15) is 0 Å². The zero-order valence-corrected chi connectivity index (χ0v) is 18.3. The van der Waals surface area contributed by atoms with Crippen molar-refractivity contribution in [2.45, 2.75) is 122 Å². The first-order valence-corrected chi connectivity index (χ1v) is 12.0. The predicted octanol–water partition coefficient (Wildman–Crippen LogP) is 9.23.